The molecule has 2 aliphatic rings. The van der Waals surface area contributed by atoms with Crippen molar-refractivity contribution in [3.05, 3.63) is 48.0 Å². The van der Waals surface area contributed by atoms with Gasteiger partial charge in [0.15, 0.2) is 11.5 Å². The predicted molar refractivity (Wildman–Crippen MR) is 95.9 cm³/mol. The number of ether oxygens (including phenoxy) is 2. The molecule has 1 saturated heterocycles. The Kier molecular flexibility index (Phi) is 4.49. The van der Waals surface area contributed by atoms with Crippen LogP contribution >= 0.6 is 0 Å². The Balaban J connectivity index is 1.42. The maximum atomic E-state index is 12.4. The largest absolute Gasteiger partial charge is 0.454 e. The van der Waals surface area contributed by atoms with Crippen molar-refractivity contribution in [2.45, 2.75) is 32.6 Å². The molecule has 2 aliphatic heterocycles. The van der Waals surface area contributed by atoms with Crippen LogP contribution in [0.3, 0.4) is 0 Å². The molecule has 1 unspecified atom stereocenters. The fourth-order valence-corrected chi connectivity index (χ4v) is 3.80. The van der Waals surface area contributed by atoms with E-state index in [0.29, 0.717) is 19.8 Å². The van der Waals surface area contributed by atoms with Crippen LogP contribution in [0.5, 0.6) is 11.5 Å². The summed E-state index contributed by atoms with van der Waals surface area (Å²) in [6.07, 6.45) is 8.27. The Hall–Kier alpha value is -2.63. The molecule has 1 fully saturated rings. The second-order valence-electron chi connectivity index (χ2n) is 7.44. The predicted octanol–water partition coefficient (Wildman–Crippen LogP) is 2.62. The summed E-state index contributed by atoms with van der Waals surface area (Å²) >= 11 is 0. The maximum absolute atomic E-state index is 12.4. The molecule has 0 radical (unpaired) electrons. The molecule has 1 aromatic heterocycles. The molecular formula is C20H23N3O3. The molecule has 0 spiro atoms. The lowest BCUT2D eigenvalue weighted by Gasteiger charge is -2.40. The average molecular weight is 353 g/mol. The smallest absolute Gasteiger partial charge is 0.231 e. The van der Waals surface area contributed by atoms with E-state index in [-0.39, 0.29) is 11.3 Å². The van der Waals surface area contributed by atoms with Crippen molar-refractivity contribution in [3.8, 4) is 11.5 Å². The van der Waals surface area contributed by atoms with Crippen molar-refractivity contribution < 1.29 is 14.3 Å². The first-order valence-corrected chi connectivity index (χ1v) is 9.03. The summed E-state index contributed by atoms with van der Waals surface area (Å²) in [4.78, 5) is 22.7. The standard InChI is InChI=1S/C20H23N3O3/c1-20(11-15-2-3-17-18(10-15)26-14-25-17)6-4-19(24)23(13-20)9-5-16-12-21-7-8-22-16/h2-3,7-8,10,12H,4-6,9,11,13-14H2,1H3. The second-order valence-corrected chi connectivity index (χ2v) is 7.44. The Morgan fingerprint density at radius 3 is 2.96 bits per heavy atom. The topological polar surface area (TPSA) is 64.6 Å². The molecule has 0 bridgehead atoms. The van der Waals surface area contributed by atoms with Crippen molar-refractivity contribution in [2.24, 2.45) is 5.41 Å². The number of hydrogen-bond acceptors (Lipinski definition) is 5. The van der Waals surface area contributed by atoms with E-state index in [1.807, 2.05) is 11.0 Å². The van der Waals surface area contributed by atoms with Crippen LogP contribution in [0.4, 0.5) is 0 Å². The van der Waals surface area contributed by atoms with E-state index in [4.69, 9.17) is 9.47 Å². The van der Waals surface area contributed by atoms with Gasteiger partial charge in [-0.2, -0.15) is 0 Å². The molecule has 1 amide bonds. The third-order valence-electron chi connectivity index (χ3n) is 5.19. The van der Waals surface area contributed by atoms with Gasteiger partial charge in [-0.25, -0.2) is 0 Å². The summed E-state index contributed by atoms with van der Waals surface area (Å²) in [5.41, 5.74) is 2.20. The molecule has 0 saturated carbocycles. The van der Waals surface area contributed by atoms with Gasteiger partial charge in [-0.3, -0.25) is 14.8 Å². The number of carbonyl (C=O) groups is 1. The van der Waals surface area contributed by atoms with Crippen molar-refractivity contribution in [2.75, 3.05) is 19.9 Å². The average Bonchev–Trinajstić information content (AvgIpc) is 3.11. The van der Waals surface area contributed by atoms with E-state index < -0.39 is 0 Å². The van der Waals surface area contributed by atoms with E-state index in [1.54, 1.807) is 18.6 Å². The normalized spacial score (nSPS) is 21.9. The van der Waals surface area contributed by atoms with Gasteiger partial charge in [0.1, 0.15) is 0 Å². The molecule has 4 rings (SSSR count). The SMILES string of the molecule is CC1(Cc2ccc3c(c2)OCO3)CCC(=O)N(CCc2cnccn2)C1. The molecule has 26 heavy (non-hydrogen) atoms. The number of amides is 1. The molecule has 1 aromatic carbocycles. The van der Waals surface area contributed by atoms with Gasteiger partial charge in [0.2, 0.25) is 12.7 Å². The van der Waals surface area contributed by atoms with Crippen LogP contribution < -0.4 is 9.47 Å². The van der Waals surface area contributed by atoms with E-state index >= 15 is 0 Å². The fraction of sp³-hybridized carbons (Fsp3) is 0.450. The van der Waals surface area contributed by atoms with E-state index in [2.05, 4.69) is 29.0 Å². The van der Waals surface area contributed by atoms with Crippen LogP contribution in [-0.2, 0) is 17.6 Å². The molecule has 2 aromatic rings. The lowest BCUT2D eigenvalue weighted by atomic mass is 9.76. The van der Waals surface area contributed by atoms with Gasteiger partial charge in [-0.1, -0.05) is 13.0 Å². The quantitative estimate of drug-likeness (QED) is 0.827. The molecule has 3 heterocycles. The number of piperidine rings is 1. The van der Waals surface area contributed by atoms with Crippen LogP contribution in [0.1, 0.15) is 31.0 Å². The number of likely N-dealkylation sites (tertiary alicyclic amines) is 1. The van der Waals surface area contributed by atoms with Gasteiger partial charge in [-0.15, -0.1) is 0 Å². The molecule has 1 atom stereocenters. The summed E-state index contributed by atoms with van der Waals surface area (Å²) in [5, 5.41) is 0. The highest BCUT2D eigenvalue weighted by Crippen LogP contribution is 2.37. The Morgan fingerprint density at radius 2 is 2.12 bits per heavy atom. The monoisotopic (exact) mass is 353 g/mol. The zero-order valence-electron chi connectivity index (χ0n) is 15.0. The van der Waals surface area contributed by atoms with Gasteiger partial charge in [0, 0.05) is 44.5 Å². The third kappa shape index (κ3) is 3.64. The number of fused-ring (bicyclic) bond motifs is 1. The molecular weight excluding hydrogens is 330 g/mol. The Bertz CT molecular complexity index is 796. The maximum Gasteiger partial charge on any atom is 0.231 e. The number of benzene rings is 1. The highest BCUT2D eigenvalue weighted by Gasteiger charge is 2.35. The van der Waals surface area contributed by atoms with Crippen molar-refractivity contribution in [1.29, 1.82) is 0 Å². The van der Waals surface area contributed by atoms with E-state index in [9.17, 15) is 4.79 Å². The van der Waals surface area contributed by atoms with Crippen LogP contribution in [0, 0.1) is 5.41 Å². The van der Waals surface area contributed by atoms with E-state index in [1.165, 1.54) is 5.56 Å². The summed E-state index contributed by atoms with van der Waals surface area (Å²) in [7, 11) is 0. The van der Waals surface area contributed by atoms with Crippen molar-refractivity contribution in [3.63, 3.8) is 0 Å². The molecule has 0 N–H and O–H groups in total. The van der Waals surface area contributed by atoms with Crippen LogP contribution in [-0.4, -0.2) is 40.7 Å². The van der Waals surface area contributed by atoms with Gasteiger partial charge in [-0.05, 0) is 36.0 Å². The molecule has 6 heteroatoms. The lowest BCUT2D eigenvalue weighted by Crippen LogP contribution is -2.46. The molecule has 6 nitrogen and oxygen atoms in total. The first-order chi connectivity index (χ1) is 12.6. The fourth-order valence-electron chi connectivity index (χ4n) is 3.80. The highest BCUT2D eigenvalue weighted by molar-refractivity contribution is 5.77. The van der Waals surface area contributed by atoms with E-state index in [0.717, 1.165) is 43.0 Å². The van der Waals surface area contributed by atoms with Crippen LogP contribution in [0.15, 0.2) is 36.8 Å². The first kappa shape index (κ1) is 16.8. The summed E-state index contributed by atoms with van der Waals surface area (Å²) in [6, 6.07) is 6.13. The van der Waals surface area contributed by atoms with Crippen molar-refractivity contribution in [1.82, 2.24) is 14.9 Å². The zero-order chi connectivity index (χ0) is 18.0. The molecule has 136 valence electrons. The first-order valence-electron chi connectivity index (χ1n) is 9.03. The van der Waals surface area contributed by atoms with Gasteiger partial charge in [0.05, 0.1) is 5.69 Å². The number of nitrogens with zero attached hydrogens (tertiary/aromatic N) is 3. The number of rotatable bonds is 5. The summed E-state index contributed by atoms with van der Waals surface area (Å²) in [5.74, 6) is 1.86. The number of hydrogen-bond donors (Lipinski definition) is 0. The second kappa shape index (κ2) is 6.94. The minimum Gasteiger partial charge on any atom is -0.454 e. The number of carbonyl (C=O) groups excluding carboxylic acids is 1. The summed E-state index contributed by atoms with van der Waals surface area (Å²) < 4.78 is 10.9. The minimum absolute atomic E-state index is 0.0595. The van der Waals surface area contributed by atoms with Gasteiger partial charge < -0.3 is 14.4 Å². The van der Waals surface area contributed by atoms with Crippen LogP contribution in [0.25, 0.3) is 0 Å². The van der Waals surface area contributed by atoms with Crippen LogP contribution in [0.2, 0.25) is 0 Å². The Morgan fingerprint density at radius 1 is 1.23 bits per heavy atom. The zero-order valence-corrected chi connectivity index (χ0v) is 15.0. The molecule has 0 aliphatic carbocycles. The van der Waals surface area contributed by atoms with Gasteiger partial charge in [0.25, 0.3) is 0 Å². The number of aromatic nitrogens is 2. The summed E-state index contributed by atoms with van der Waals surface area (Å²) in [6.45, 7) is 4.01. The Labute approximate surface area is 153 Å². The van der Waals surface area contributed by atoms with Gasteiger partial charge >= 0.3 is 0 Å². The minimum atomic E-state index is 0.0595. The third-order valence-corrected chi connectivity index (χ3v) is 5.19. The highest BCUT2D eigenvalue weighted by atomic mass is 16.7. The van der Waals surface area contributed by atoms with Crippen molar-refractivity contribution >= 4 is 5.91 Å². The lowest BCUT2D eigenvalue weighted by molar-refractivity contribution is -0.137.